The Hall–Kier alpha value is -2.37. The number of anilines is 1. The number of carbonyl (C=O) groups excluding carboxylic acids is 1. The van der Waals surface area contributed by atoms with Crippen molar-refractivity contribution < 1.29 is 4.79 Å². The predicted octanol–water partition coefficient (Wildman–Crippen LogP) is 3.20. The molecule has 2 aromatic carbocycles. The van der Waals surface area contributed by atoms with Crippen molar-refractivity contribution in [1.29, 1.82) is 0 Å². The third kappa shape index (κ3) is 3.21. The fourth-order valence-corrected chi connectivity index (χ4v) is 2.61. The number of likely N-dealkylation sites (N-methyl/N-ethyl adjacent to an activating group) is 1. The third-order valence-electron chi connectivity index (χ3n) is 3.60. The molecule has 2 aromatic rings. The maximum atomic E-state index is 11.8. The minimum absolute atomic E-state index is 0.106. The van der Waals surface area contributed by atoms with Crippen molar-refractivity contribution in [1.82, 2.24) is 10.4 Å². The Bertz CT molecular complexity index is 730. The summed E-state index contributed by atoms with van der Waals surface area (Å²) in [5, 5.41) is 8.65. The number of nitrogens with one attached hydrogen (secondary N) is 1. The number of ketones is 1. The molecule has 118 valence electrons. The van der Waals surface area contributed by atoms with Gasteiger partial charge >= 0.3 is 0 Å². The number of hydrogen-bond acceptors (Lipinski definition) is 5. The molecule has 6 heteroatoms. The van der Waals surface area contributed by atoms with Gasteiger partial charge in [0.05, 0.1) is 5.69 Å². The van der Waals surface area contributed by atoms with Crippen molar-refractivity contribution in [3.63, 3.8) is 0 Å². The van der Waals surface area contributed by atoms with E-state index in [2.05, 4.69) is 10.5 Å². The second kappa shape index (κ2) is 6.40. The summed E-state index contributed by atoms with van der Waals surface area (Å²) in [5.74, 6) is 0.248. The van der Waals surface area contributed by atoms with Gasteiger partial charge in [0.25, 0.3) is 0 Å². The van der Waals surface area contributed by atoms with Crippen molar-refractivity contribution >= 4 is 28.9 Å². The molecule has 0 radical (unpaired) electrons. The molecular formula is C17H17ClN4O. The molecule has 1 aliphatic rings. The van der Waals surface area contributed by atoms with Crippen LogP contribution in [0.4, 0.5) is 5.69 Å². The van der Waals surface area contributed by atoms with Crippen LogP contribution in [0, 0.1) is 0 Å². The van der Waals surface area contributed by atoms with Gasteiger partial charge in [0.2, 0.25) is 5.84 Å². The summed E-state index contributed by atoms with van der Waals surface area (Å²) in [7, 11) is 1.79. The van der Waals surface area contributed by atoms with Crippen molar-refractivity contribution in [2.75, 3.05) is 12.1 Å². The second-order valence-electron chi connectivity index (χ2n) is 5.30. The molecular weight excluding hydrogens is 312 g/mol. The molecule has 1 N–H and O–H groups in total. The van der Waals surface area contributed by atoms with E-state index in [4.69, 9.17) is 11.6 Å². The van der Waals surface area contributed by atoms with Crippen LogP contribution < -0.4 is 10.4 Å². The topological polar surface area (TPSA) is 47.9 Å². The number of hydrazine groups is 1. The van der Waals surface area contributed by atoms with E-state index in [0.29, 0.717) is 10.9 Å². The summed E-state index contributed by atoms with van der Waals surface area (Å²) in [4.78, 5) is 11.8. The summed E-state index contributed by atoms with van der Waals surface area (Å²) in [6.45, 7) is 1.50. The minimum Gasteiger partial charge on any atom is -0.291 e. The largest absolute Gasteiger partial charge is 0.291 e. The standard InChI is InChI=1S/C17H17ClN4O/c1-12(23)16-20-22(15-10-8-14(18)9-11-15)17(19-21(16)2)13-6-4-3-5-7-13/h3-11,17,19H,1-2H3/t17-/m1/s1. The molecule has 0 amide bonds. The normalized spacial score (nSPS) is 17.9. The molecule has 0 unspecified atom stereocenters. The first-order valence-corrected chi connectivity index (χ1v) is 7.63. The Kier molecular flexibility index (Phi) is 4.32. The van der Waals surface area contributed by atoms with Gasteiger partial charge in [-0.1, -0.05) is 41.9 Å². The van der Waals surface area contributed by atoms with Gasteiger partial charge in [-0.15, -0.1) is 5.10 Å². The molecule has 0 aliphatic carbocycles. The fourth-order valence-electron chi connectivity index (χ4n) is 2.48. The van der Waals surface area contributed by atoms with Crippen molar-refractivity contribution in [3.8, 4) is 0 Å². The van der Waals surface area contributed by atoms with Crippen molar-refractivity contribution in [2.24, 2.45) is 5.10 Å². The molecule has 0 saturated heterocycles. The van der Waals surface area contributed by atoms with Gasteiger partial charge < -0.3 is 0 Å². The highest BCUT2D eigenvalue weighted by Gasteiger charge is 2.30. The zero-order chi connectivity index (χ0) is 16.4. The molecule has 1 aliphatic heterocycles. The first-order valence-electron chi connectivity index (χ1n) is 7.25. The fraction of sp³-hybridized carbons (Fsp3) is 0.176. The number of halogens is 1. The van der Waals surface area contributed by atoms with E-state index in [1.54, 1.807) is 29.2 Å². The van der Waals surface area contributed by atoms with Gasteiger partial charge in [0.1, 0.15) is 6.17 Å². The average Bonchev–Trinajstić information content (AvgIpc) is 2.56. The lowest BCUT2D eigenvalue weighted by atomic mass is 10.1. The molecule has 0 spiro atoms. The number of amidine groups is 1. The molecule has 3 rings (SSSR count). The number of hydrogen-bond donors (Lipinski definition) is 1. The number of benzene rings is 2. The number of carbonyl (C=O) groups is 1. The highest BCUT2D eigenvalue weighted by atomic mass is 35.5. The van der Waals surface area contributed by atoms with E-state index in [1.165, 1.54) is 6.92 Å². The molecule has 23 heavy (non-hydrogen) atoms. The van der Waals surface area contributed by atoms with Crippen LogP contribution in [0.2, 0.25) is 5.02 Å². The van der Waals surface area contributed by atoms with Crippen LogP contribution in [0.3, 0.4) is 0 Å². The van der Waals surface area contributed by atoms with Gasteiger partial charge in [-0.05, 0) is 29.8 Å². The van der Waals surface area contributed by atoms with Gasteiger partial charge in [-0.2, -0.15) is 0 Å². The van der Waals surface area contributed by atoms with E-state index in [9.17, 15) is 4.79 Å². The van der Waals surface area contributed by atoms with E-state index >= 15 is 0 Å². The Balaban J connectivity index is 2.07. The first-order chi connectivity index (χ1) is 11.1. The minimum atomic E-state index is -0.217. The molecule has 0 fully saturated rings. The molecule has 0 aromatic heterocycles. The Morgan fingerprint density at radius 1 is 1.13 bits per heavy atom. The summed E-state index contributed by atoms with van der Waals surface area (Å²) in [6.07, 6.45) is -0.217. The van der Waals surface area contributed by atoms with Crippen LogP contribution in [-0.4, -0.2) is 23.7 Å². The van der Waals surface area contributed by atoms with Crippen LogP contribution in [0.15, 0.2) is 59.7 Å². The Morgan fingerprint density at radius 3 is 2.39 bits per heavy atom. The quantitative estimate of drug-likeness (QED) is 0.940. The summed E-state index contributed by atoms with van der Waals surface area (Å²) < 4.78 is 0. The molecule has 0 bridgehead atoms. The van der Waals surface area contributed by atoms with Gasteiger partial charge in [-0.25, -0.2) is 10.4 Å². The first kappa shape index (κ1) is 15.5. The molecule has 5 nitrogen and oxygen atoms in total. The van der Waals surface area contributed by atoms with Crippen LogP contribution in [0.1, 0.15) is 18.7 Å². The van der Waals surface area contributed by atoms with Gasteiger partial charge in [0, 0.05) is 19.0 Å². The van der Waals surface area contributed by atoms with Gasteiger partial charge in [0.15, 0.2) is 5.78 Å². The molecule has 0 saturated carbocycles. The van der Waals surface area contributed by atoms with Crippen molar-refractivity contribution in [3.05, 3.63) is 65.2 Å². The number of rotatable bonds is 3. The molecule has 1 heterocycles. The highest BCUT2D eigenvalue weighted by Crippen LogP contribution is 2.29. The second-order valence-corrected chi connectivity index (χ2v) is 5.74. The maximum Gasteiger partial charge on any atom is 0.206 e. The number of Topliss-reactive ketones (excluding diaryl/α,β-unsaturated/α-hetero) is 1. The van der Waals surface area contributed by atoms with Crippen LogP contribution in [0.25, 0.3) is 0 Å². The summed E-state index contributed by atoms with van der Waals surface area (Å²) >= 11 is 5.97. The monoisotopic (exact) mass is 328 g/mol. The summed E-state index contributed by atoms with van der Waals surface area (Å²) in [6, 6.07) is 17.3. The lowest BCUT2D eigenvalue weighted by molar-refractivity contribution is -0.112. The van der Waals surface area contributed by atoms with E-state index in [1.807, 2.05) is 42.5 Å². The third-order valence-corrected chi connectivity index (χ3v) is 3.85. The highest BCUT2D eigenvalue weighted by molar-refractivity contribution is 6.37. The number of hydrazone groups is 1. The Morgan fingerprint density at radius 2 is 1.78 bits per heavy atom. The molecule has 1 atom stereocenters. The number of nitrogens with zero attached hydrogens (tertiary/aromatic N) is 3. The predicted molar refractivity (Wildman–Crippen MR) is 92.1 cm³/mol. The average molecular weight is 329 g/mol. The van der Waals surface area contributed by atoms with Crippen LogP contribution in [0.5, 0.6) is 0 Å². The zero-order valence-corrected chi connectivity index (χ0v) is 13.7. The smallest absolute Gasteiger partial charge is 0.206 e. The van der Waals surface area contributed by atoms with E-state index in [0.717, 1.165) is 11.3 Å². The van der Waals surface area contributed by atoms with Crippen LogP contribution >= 0.6 is 11.6 Å². The lowest BCUT2D eigenvalue weighted by Crippen LogP contribution is -2.54. The lowest BCUT2D eigenvalue weighted by Gasteiger charge is -2.39. The van der Waals surface area contributed by atoms with Crippen molar-refractivity contribution in [2.45, 2.75) is 13.1 Å². The van der Waals surface area contributed by atoms with Crippen LogP contribution in [-0.2, 0) is 4.79 Å². The maximum absolute atomic E-state index is 11.8. The van der Waals surface area contributed by atoms with Gasteiger partial charge in [-0.3, -0.25) is 9.80 Å². The Labute approximate surface area is 140 Å². The SMILES string of the molecule is CC(=O)C1=NN(c2ccc(Cl)cc2)[C@H](c2ccccc2)NN1C. The van der Waals surface area contributed by atoms with E-state index in [-0.39, 0.29) is 11.9 Å². The van der Waals surface area contributed by atoms with E-state index < -0.39 is 0 Å². The zero-order valence-electron chi connectivity index (χ0n) is 12.9. The summed E-state index contributed by atoms with van der Waals surface area (Å²) in [5.41, 5.74) is 5.19.